The van der Waals surface area contributed by atoms with Crippen molar-refractivity contribution in [2.45, 2.75) is 0 Å². The monoisotopic (exact) mass is 324 g/mol. The normalized spacial score (nSPS) is 10.2. The summed E-state index contributed by atoms with van der Waals surface area (Å²) in [6.45, 7) is 0. The van der Waals surface area contributed by atoms with Crippen LogP contribution >= 0.6 is 0 Å². The predicted octanol–water partition coefficient (Wildman–Crippen LogP) is 3.51. The second kappa shape index (κ2) is 6.87. The van der Waals surface area contributed by atoms with Gasteiger partial charge in [-0.05, 0) is 54.6 Å². The molecular weight excluding hydrogens is 311 g/mol. The number of hydrogen-bond donors (Lipinski definition) is 0. The molecule has 0 N–H and O–H groups in total. The van der Waals surface area contributed by atoms with E-state index in [1.165, 1.54) is 18.2 Å². The standard InChI is InChI=1S/C18H13FN2O3/c1-23-15-8-4-13(5-9-15)18(22)24-17-11-10-16(20-21-17)12-2-6-14(19)7-3-12/h2-11H,1H3. The number of carbonyl (C=O) groups is 1. The fraction of sp³-hybridized carbons (Fsp3) is 0.0556. The van der Waals surface area contributed by atoms with Gasteiger partial charge in [0.2, 0.25) is 5.88 Å². The summed E-state index contributed by atoms with van der Waals surface area (Å²) in [5.41, 5.74) is 1.65. The number of benzene rings is 2. The zero-order valence-corrected chi connectivity index (χ0v) is 12.8. The van der Waals surface area contributed by atoms with E-state index in [9.17, 15) is 9.18 Å². The molecule has 6 heteroatoms. The molecule has 0 saturated carbocycles. The smallest absolute Gasteiger partial charge is 0.344 e. The molecule has 3 aromatic rings. The lowest BCUT2D eigenvalue weighted by Crippen LogP contribution is -2.09. The van der Waals surface area contributed by atoms with Gasteiger partial charge >= 0.3 is 5.97 Å². The van der Waals surface area contributed by atoms with Crippen LogP contribution in [0.5, 0.6) is 11.6 Å². The van der Waals surface area contributed by atoms with E-state index in [1.54, 1.807) is 49.6 Å². The van der Waals surface area contributed by atoms with Crippen LogP contribution in [0, 0.1) is 5.82 Å². The van der Waals surface area contributed by atoms with Crippen LogP contribution in [0.1, 0.15) is 10.4 Å². The van der Waals surface area contributed by atoms with E-state index in [0.29, 0.717) is 17.0 Å². The van der Waals surface area contributed by atoms with Crippen LogP contribution in [0.15, 0.2) is 60.7 Å². The molecule has 3 rings (SSSR count). The Morgan fingerprint density at radius 1 is 0.917 bits per heavy atom. The summed E-state index contributed by atoms with van der Waals surface area (Å²) >= 11 is 0. The molecule has 24 heavy (non-hydrogen) atoms. The van der Waals surface area contributed by atoms with E-state index >= 15 is 0 Å². The van der Waals surface area contributed by atoms with Crippen LogP contribution in [-0.2, 0) is 0 Å². The Hall–Kier alpha value is -3.28. The van der Waals surface area contributed by atoms with Crippen molar-refractivity contribution in [1.29, 1.82) is 0 Å². The Morgan fingerprint density at radius 3 is 2.21 bits per heavy atom. The van der Waals surface area contributed by atoms with Gasteiger partial charge in [0.05, 0.1) is 18.4 Å². The second-order valence-electron chi connectivity index (χ2n) is 4.88. The van der Waals surface area contributed by atoms with Crippen LogP contribution in [-0.4, -0.2) is 23.3 Å². The molecule has 0 spiro atoms. The van der Waals surface area contributed by atoms with Crippen molar-refractivity contribution in [1.82, 2.24) is 10.2 Å². The topological polar surface area (TPSA) is 61.3 Å². The molecule has 0 saturated heterocycles. The van der Waals surface area contributed by atoms with Crippen LogP contribution in [0.3, 0.4) is 0 Å². The molecule has 1 heterocycles. The minimum Gasteiger partial charge on any atom is -0.497 e. The van der Waals surface area contributed by atoms with E-state index in [1.807, 2.05) is 0 Å². The van der Waals surface area contributed by atoms with Crippen molar-refractivity contribution >= 4 is 5.97 Å². The molecule has 0 amide bonds. The van der Waals surface area contributed by atoms with Crippen molar-refractivity contribution in [3.05, 3.63) is 72.0 Å². The molecule has 5 nitrogen and oxygen atoms in total. The van der Waals surface area contributed by atoms with Gasteiger partial charge in [0.15, 0.2) is 0 Å². The average molecular weight is 324 g/mol. The molecule has 1 aromatic heterocycles. The highest BCUT2D eigenvalue weighted by atomic mass is 19.1. The van der Waals surface area contributed by atoms with Gasteiger partial charge in [-0.15, -0.1) is 10.2 Å². The van der Waals surface area contributed by atoms with Crippen LogP contribution in [0.25, 0.3) is 11.3 Å². The largest absolute Gasteiger partial charge is 0.497 e. The molecule has 120 valence electrons. The number of halogens is 1. The summed E-state index contributed by atoms with van der Waals surface area (Å²) in [6.07, 6.45) is 0. The van der Waals surface area contributed by atoms with Gasteiger partial charge in [0, 0.05) is 11.6 Å². The first-order valence-corrected chi connectivity index (χ1v) is 7.11. The average Bonchev–Trinajstić information content (AvgIpc) is 2.63. The van der Waals surface area contributed by atoms with Gasteiger partial charge in [-0.25, -0.2) is 9.18 Å². The molecule has 0 radical (unpaired) electrons. The minimum absolute atomic E-state index is 0.0849. The van der Waals surface area contributed by atoms with Crippen LogP contribution in [0.4, 0.5) is 4.39 Å². The zero-order chi connectivity index (χ0) is 16.9. The third-order valence-electron chi connectivity index (χ3n) is 3.30. The molecule has 0 aliphatic heterocycles. The van der Waals surface area contributed by atoms with Crippen molar-refractivity contribution < 1.29 is 18.7 Å². The lowest BCUT2D eigenvalue weighted by molar-refractivity contribution is 0.0726. The lowest BCUT2D eigenvalue weighted by Gasteiger charge is -2.05. The van der Waals surface area contributed by atoms with E-state index < -0.39 is 5.97 Å². The summed E-state index contributed by atoms with van der Waals surface area (Å²) in [7, 11) is 1.55. The number of esters is 1. The number of hydrogen-bond acceptors (Lipinski definition) is 5. The van der Waals surface area contributed by atoms with Crippen molar-refractivity contribution in [2.24, 2.45) is 0 Å². The summed E-state index contributed by atoms with van der Waals surface area (Å²) in [5.74, 6) is -0.130. The third-order valence-corrected chi connectivity index (χ3v) is 3.30. The first-order valence-electron chi connectivity index (χ1n) is 7.11. The molecule has 2 aromatic carbocycles. The van der Waals surface area contributed by atoms with Gasteiger partial charge in [-0.3, -0.25) is 0 Å². The second-order valence-corrected chi connectivity index (χ2v) is 4.88. The highest BCUT2D eigenvalue weighted by Gasteiger charge is 2.10. The van der Waals surface area contributed by atoms with Crippen molar-refractivity contribution in [2.75, 3.05) is 7.11 Å². The van der Waals surface area contributed by atoms with E-state index in [0.717, 1.165) is 5.56 Å². The van der Waals surface area contributed by atoms with Gasteiger partial charge in [-0.1, -0.05) is 0 Å². The Morgan fingerprint density at radius 2 is 1.62 bits per heavy atom. The summed E-state index contributed by atoms with van der Waals surface area (Å²) in [6, 6.07) is 15.6. The first-order chi connectivity index (χ1) is 11.7. The number of nitrogens with zero attached hydrogens (tertiary/aromatic N) is 2. The molecule has 0 atom stereocenters. The Labute approximate surface area is 137 Å². The van der Waals surface area contributed by atoms with Crippen molar-refractivity contribution in [3.63, 3.8) is 0 Å². The van der Waals surface area contributed by atoms with Crippen LogP contribution < -0.4 is 9.47 Å². The number of ether oxygens (including phenoxy) is 2. The fourth-order valence-corrected chi connectivity index (χ4v) is 2.03. The molecule has 0 bridgehead atoms. The van der Waals surface area contributed by atoms with E-state index in [-0.39, 0.29) is 11.7 Å². The zero-order valence-electron chi connectivity index (χ0n) is 12.8. The number of rotatable bonds is 4. The third kappa shape index (κ3) is 3.55. The Balaban J connectivity index is 1.71. The predicted molar refractivity (Wildman–Crippen MR) is 85.4 cm³/mol. The molecule has 0 unspecified atom stereocenters. The number of carbonyl (C=O) groups excluding carboxylic acids is 1. The SMILES string of the molecule is COc1ccc(C(=O)Oc2ccc(-c3ccc(F)cc3)nn2)cc1. The lowest BCUT2D eigenvalue weighted by atomic mass is 10.1. The van der Waals surface area contributed by atoms with Gasteiger partial charge in [0.25, 0.3) is 0 Å². The highest BCUT2D eigenvalue weighted by Crippen LogP contribution is 2.19. The van der Waals surface area contributed by atoms with Gasteiger partial charge < -0.3 is 9.47 Å². The quantitative estimate of drug-likeness (QED) is 0.687. The maximum Gasteiger partial charge on any atom is 0.344 e. The molecule has 0 aliphatic carbocycles. The number of aromatic nitrogens is 2. The van der Waals surface area contributed by atoms with E-state index in [2.05, 4.69) is 10.2 Å². The fourth-order valence-electron chi connectivity index (χ4n) is 2.03. The molecule has 0 aliphatic rings. The highest BCUT2D eigenvalue weighted by molar-refractivity contribution is 5.91. The molecule has 0 fully saturated rings. The maximum absolute atomic E-state index is 12.9. The summed E-state index contributed by atoms with van der Waals surface area (Å²) < 4.78 is 23.1. The minimum atomic E-state index is -0.540. The summed E-state index contributed by atoms with van der Waals surface area (Å²) in [5, 5.41) is 7.85. The van der Waals surface area contributed by atoms with E-state index in [4.69, 9.17) is 9.47 Å². The van der Waals surface area contributed by atoms with Gasteiger partial charge in [0.1, 0.15) is 11.6 Å². The Bertz CT molecular complexity index is 832. The van der Waals surface area contributed by atoms with Gasteiger partial charge in [-0.2, -0.15) is 0 Å². The first kappa shape index (κ1) is 15.6. The number of methoxy groups -OCH3 is 1. The molecular formula is C18H13FN2O3. The van der Waals surface area contributed by atoms with Crippen molar-refractivity contribution in [3.8, 4) is 22.9 Å². The maximum atomic E-state index is 12.9. The summed E-state index contributed by atoms with van der Waals surface area (Å²) in [4.78, 5) is 12.0. The van der Waals surface area contributed by atoms with Crippen LogP contribution in [0.2, 0.25) is 0 Å². The Kier molecular flexibility index (Phi) is 4.47.